The van der Waals surface area contributed by atoms with Gasteiger partial charge in [-0.1, -0.05) is 60.3 Å². The van der Waals surface area contributed by atoms with Gasteiger partial charge in [-0.25, -0.2) is 4.98 Å². The first-order valence-electron chi connectivity index (χ1n) is 13.2. The molecule has 206 valence electrons. The maximum absolute atomic E-state index is 13.6. The monoisotopic (exact) mass is 572 g/mol. The summed E-state index contributed by atoms with van der Waals surface area (Å²) in [5.74, 6) is 0.607. The molecule has 5 aromatic rings. The molecule has 0 bridgehead atoms. The fourth-order valence-corrected chi connectivity index (χ4v) is 6.92. The molecular formula is C31H32N4O3S2. The number of thiazole rings is 1. The molecular weight excluding hydrogens is 541 g/mol. The van der Waals surface area contributed by atoms with E-state index in [1.165, 1.54) is 0 Å². The van der Waals surface area contributed by atoms with Crippen molar-refractivity contribution in [2.75, 3.05) is 12.9 Å². The van der Waals surface area contributed by atoms with Gasteiger partial charge < -0.3 is 20.8 Å². The highest BCUT2D eigenvalue weighted by Gasteiger charge is 2.28. The Morgan fingerprint density at radius 2 is 1.80 bits per heavy atom. The minimum atomic E-state index is -0.807. The van der Waals surface area contributed by atoms with Crippen LogP contribution in [-0.4, -0.2) is 40.7 Å². The van der Waals surface area contributed by atoms with E-state index in [1.807, 2.05) is 72.9 Å². The molecule has 2 aromatic heterocycles. The number of nitrogens with one attached hydrogen (secondary N) is 2. The fourth-order valence-electron chi connectivity index (χ4n) is 4.83. The predicted molar refractivity (Wildman–Crippen MR) is 163 cm³/mol. The number of fused-ring (bicyclic) bond motifs is 2. The number of ether oxygens (including phenoxy) is 1. The van der Waals surface area contributed by atoms with Crippen molar-refractivity contribution in [3.05, 3.63) is 90.1 Å². The molecule has 0 radical (unpaired) electrons. The summed E-state index contributed by atoms with van der Waals surface area (Å²) in [6, 6.07) is 23.6. The number of para-hydroxylation sites is 3. The molecule has 0 saturated carbocycles. The first-order chi connectivity index (χ1) is 19.5. The highest BCUT2D eigenvalue weighted by Crippen LogP contribution is 2.30. The number of aromatic nitrogens is 2. The summed E-state index contributed by atoms with van der Waals surface area (Å²) in [6.07, 6.45) is 2.65. The molecule has 0 spiro atoms. The molecule has 0 aliphatic heterocycles. The molecule has 2 heterocycles. The lowest BCUT2D eigenvalue weighted by Crippen LogP contribution is -2.50. The number of carbonyl (C=O) groups excluding carboxylic acids is 2. The predicted octanol–water partition coefficient (Wildman–Crippen LogP) is 5.73. The third-order valence-corrected chi connectivity index (χ3v) is 9.13. The zero-order valence-electron chi connectivity index (χ0n) is 22.3. The molecule has 7 nitrogen and oxygen atoms in total. The minimum Gasteiger partial charge on any atom is -0.496 e. The zero-order chi connectivity index (χ0) is 27.9. The second-order valence-electron chi connectivity index (χ2n) is 9.59. The summed E-state index contributed by atoms with van der Waals surface area (Å²) in [5, 5.41) is 3.96. The van der Waals surface area contributed by atoms with Crippen molar-refractivity contribution in [2.24, 2.45) is 11.7 Å². The van der Waals surface area contributed by atoms with Crippen LogP contribution in [0.3, 0.4) is 0 Å². The average molecular weight is 573 g/mol. The average Bonchev–Trinajstić information content (AvgIpc) is 3.58. The van der Waals surface area contributed by atoms with Crippen molar-refractivity contribution in [1.82, 2.24) is 15.3 Å². The third kappa shape index (κ3) is 6.72. The number of benzene rings is 3. The van der Waals surface area contributed by atoms with E-state index in [9.17, 15) is 9.59 Å². The molecule has 1 amide bonds. The molecule has 0 aliphatic carbocycles. The largest absolute Gasteiger partial charge is 0.496 e. The summed E-state index contributed by atoms with van der Waals surface area (Å²) in [7, 11) is 1.62. The van der Waals surface area contributed by atoms with Gasteiger partial charge in [0.1, 0.15) is 11.5 Å². The van der Waals surface area contributed by atoms with E-state index in [2.05, 4.69) is 21.4 Å². The summed E-state index contributed by atoms with van der Waals surface area (Å²) in [5.41, 5.74) is 10.5. The van der Waals surface area contributed by atoms with Crippen LogP contribution in [0.2, 0.25) is 0 Å². The van der Waals surface area contributed by atoms with Crippen molar-refractivity contribution < 1.29 is 14.3 Å². The highest BCUT2D eigenvalue weighted by atomic mass is 32.2. The van der Waals surface area contributed by atoms with E-state index in [0.29, 0.717) is 25.0 Å². The SMILES string of the molecule is COc1ccccc1CCC(=O)NC(N)C(Cc1c[nH]c2ccccc12)C(=O)CCSc1nc2ccccc2s1. The number of ketones is 1. The summed E-state index contributed by atoms with van der Waals surface area (Å²) >= 11 is 3.21. The second kappa shape index (κ2) is 13.1. The van der Waals surface area contributed by atoms with E-state index in [1.54, 1.807) is 30.2 Å². The molecule has 2 atom stereocenters. The van der Waals surface area contributed by atoms with E-state index in [0.717, 1.165) is 42.3 Å². The molecule has 0 aliphatic rings. The van der Waals surface area contributed by atoms with Crippen LogP contribution in [0.1, 0.15) is 24.0 Å². The Morgan fingerprint density at radius 1 is 1.02 bits per heavy atom. The van der Waals surface area contributed by atoms with Crippen LogP contribution >= 0.6 is 23.1 Å². The van der Waals surface area contributed by atoms with Gasteiger partial charge in [-0.05, 0) is 48.2 Å². The van der Waals surface area contributed by atoms with Crippen LogP contribution in [-0.2, 0) is 22.4 Å². The van der Waals surface area contributed by atoms with Crippen LogP contribution in [0.25, 0.3) is 21.1 Å². The molecule has 0 fully saturated rings. The number of aromatic amines is 1. The van der Waals surface area contributed by atoms with Crippen molar-refractivity contribution in [2.45, 2.75) is 36.2 Å². The van der Waals surface area contributed by atoms with E-state index in [-0.39, 0.29) is 18.1 Å². The van der Waals surface area contributed by atoms with Gasteiger partial charge >= 0.3 is 0 Å². The van der Waals surface area contributed by atoms with Gasteiger partial charge in [-0.15, -0.1) is 11.3 Å². The number of aryl methyl sites for hydroxylation is 1. The lowest BCUT2D eigenvalue weighted by Gasteiger charge is -2.24. The number of hydrogen-bond acceptors (Lipinski definition) is 7. The molecule has 4 N–H and O–H groups in total. The minimum absolute atomic E-state index is 0.0245. The van der Waals surface area contributed by atoms with Crippen LogP contribution < -0.4 is 15.8 Å². The maximum Gasteiger partial charge on any atom is 0.221 e. The Morgan fingerprint density at radius 3 is 2.65 bits per heavy atom. The van der Waals surface area contributed by atoms with E-state index in [4.69, 9.17) is 10.5 Å². The number of thioether (sulfide) groups is 1. The zero-order valence-corrected chi connectivity index (χ0v) is 23.9. The maximum atomic E-state index is 13.6. The third-order valence-electron chi connectivity index (χ3n) is 6.95. The van der Waals surface area contributed by atoms with E-state index >= 15 is 0 Å². The first kappa shape index (κ1) is 27.9. The van der Waals surface area contributed by atoms with Gasteiger partial charge in [-0.3, -0.25) is 9.59 Å². The van der Waals surface area contributed by atoms with Gasteiger partial charge in [0.15, 0.2) is 4.34 Å². The molecule has 3 aromatic carbocycles. The topological polar surface area (TPSA) is 110 Å². The smallest absolute Gasteiger partial charge is 0.221 e. The summed E-state index contributed by atoms with van der Waals surface area (Å²) in [4.78, 5) is 34.4. The first-order valence-corrected chi connectivity index (χ1v) is 15.0. The van der Waals surface area contributed by atoms with E-state index < -0.39 is 12.1 Å². The van der Waals surface area contributed by atoms with Gasteiger partial charge in [-0.2, -0.15) is 0 Å². The number of nitrogens with two attached hydrogens (primary N) is 1. The Labute approximate surface area is 241 Å². The standard InChI is InChI=1S/C31H32N4O3S2/c1-38-27-12-6-2-8-20(27)14-15-29(37)35-30(32)23(18-21-19-33-24-10-4-3-9-22(21)24)26(36)16-17-39-31-34-25-11-5-7-13-28(25)40-31/h2-13,19,23,30,33H,14-18,32H2,1H3,(H,35,37). The van der Waals surface area contributed by atoms with Gasteiger partial charge in [0.25, 0.3) is 0 Å². The van der Waals surface area contributed by atoms with Crippen molar-refractivity contribution in [1.29, 1.82) is 0 Å². The Bertz CT molecular complexity index is 1580. The highest BCUT2D eigenvalue weighted by molar-refractivity contribution is 8.01. The molecule has 40 heavy (non-hydrogen) atoms. The van der Waals surface area contributed by atoms with Crippen LogP contribution in [0.15, 0.2) is 83.3 Å². The second-order valence-corrected chi connectivity index (χ2v) is 12.0. The number of carbonyl (C=O) groups is 2. The van der Waals surface area contributed by atoms with Gasteiger partial charge in [0, 0.05) is 35.7 Å². The Kier molecular flexibility index (Phi) is 9.15. The van der Waals surface area contributed by atoms with Gasteiger partial charge in [0.2, 0.25) is 5.91 Å². The van der Waals surface area contributed by atoms with Crippen LogP contribution in [0.5, 0.6) is 5.75 Å². The number of Topliss-reactive ketones (excluding diaryl/α,β-unsaturated/α-hetero) is 1. The van der Waals surface area contributed by atoms with Gasteiger partial charge in [0.05, 0.1) is 29.4 Å². The molecule has 9 heteroatoms. The quantitative estimate of drug-likeness (QED) is 0.123. The lowest BCUT2D eigenvalue weighted by atomic mass is 9.91. The number of nitrogens with zero attached hydrogens (tertiary/aromatic N) is 1. The molecule has 0 saturated heterocycles. The fraction of sp³-hybridized carbons (Fsp3) is 0.258. The van der Waals surface area contributed by atoms with Crippen LogP contribution in [0, 0.1) is 5.92 Å². The summed E-state index contributed by atoms with van der Waals surface area (Å²) in [6.45, 7) is 0. The number of rotatable bonds is 13. The number of methoxy groups -OCH3 is 1. The van der Waals surface area contributed by atoms with Crippen molar-refractivity contribution in [3.8, 4) is 5.75 Å². The lowest BCUT2D eigenvalue weighted by molar-refractivity contribution is -0.125. The number of hydrogen-bond donors (Lipinski definition) is 3. The number of H-pyrrole nitrogens is 1. The summed E-state index contributed by atoms with van der Waals surface area (Å²) < 4.78 is 7.47. The van der Waals surface area contributed by atoms with Crippen molar-refractivity contribution in [3.63, 3.8) is 0 Å². The Hall–Kier alpha value is -3.66. The van der Waals surface area contributed by atoms with Crippen LogP contribution in [0.4, 0.5) is 0 Å². The molecule has 2 unspecified atom stereocenters. The normalized spacial score (nSPS) is 12.8. The van der Waals surface area contributed by atoms with Crippen molar-refractivity contribution >= 4 is 55.9 Å². The Balaban J connectivity index is 1.25. The number of amides is 1. The molecule has 5 rings (SSSR count).